The van der Waals surface area contributed by atoms with E-state index in [9.17, 15) is 0 Å². The molecule has 0 aliphatic carbocycles. The molecule has 0 fully saturated rings. The molecular formula is C50H29N3S. The number of rotatable bonds is 3. The third kappa shape index (κ3) is 4.35. The third-order valence-corrected chi connectivity index (χ3v) is 12.2. The highest BCUT2D eigenvalue weighted by Crippen LogP contribution is 2.42. The molecule has 0 unspecified atom stereocenters. The molecule has 0 bridgehead atoms. The number of benzene rings is 9. The number of nitrogens with zero attached hydrogens (tertiary/aromatic N) is 3. The molecule has 12 aromatic rings. The zero-order valence-electron chi connectivity index (χ0n) is 29.0. The summed E-state index contributed by atoms with van der Waals surface area (Å²) in [6.07, 6.45) is 0. The molecule has 3 aromatic heterocycles. The predicted molar refractivity (Wildman–Crippen MR) is 230 cm³/mol. The molecule has 54 heavy (non-hydrogen) atoms. The molecule has 0 saturated carbocycles. The van der Waals surface area contributed by atoms with Gasteiger partial charge in [-0.1, -0.05) is 140 Å². The Hall–Kier alpha value is -6.88. The van der Waals surface area contributed by atoms with E-state index in [2.05, 4.69) is 180 Å². The zero-order valence-corrected chi connectivity index (χ0v) is 29.8. The average Bonchev–Trinajstić information content (AvgIpc) is 3.76. The molecule has 0 radical (unpaired) electrons. The van der Waals surface area contributed by atoms with Crippen molar-refractivity contribution in [1.82, 2.24) is 14.5 Å². The molecule has 0 spiro atoms. The molecule has 0 N–H and O–H groups in total. The Labute approximate surface area is 314 Å². The van der Waals surface area contributed by atoms with E-state index in [1.54, 1.807) is 11.3 Å². The normalized spacial score (nSPS) is 12.1. The van der Waals surface area contributed by atoms with Gasteiger partial charge in [0, 0.05) is 43.1 Å². The van der Waals surface area contributed by atoms with Gasteiger partial charge < -0.3 is 4.57 Å². The van der Waals surface area contributed by atoms with Gasteiger partial charge in [-0.05, 0) is 74.1 Å². The lowest BCUT2D eigenvalue weighted by Gasteiger charge is -2.15. The van der Waals surface area contributed by atoms with Crippen LogP contribution in [0.3, 0.4) is 0 Å². The summed E-state index contributed by atoms with van der Waals surface area (Å²) < 4.78 is 3.66. The van der Waals surface area contributed by atoms with Crippen molar-refractivity contribution in [1.29, 1.82) is 0 Å². The van der Waals surface area contributed by atoms with E-state index in [1.807, 2.05) is 0 Å². The summed E-state index contributed by atoms with van der Waals surface area (Å²) in [6.45, 7) is 0. The molecule has 0 aliphatic heterocycles. The second kappa shape index (κ2) is 11.3. The van der Waals surface area contributed by atoms with Crippen LogP contribution in [0.5, 0.6) is 0 Å². The van der Waals surface area contributed by atoms with E-state index in [0.29, 0.717) is 0 Å². The van der Waals surface area contributed by atoms with Gasteiger partial charge in [-0.15, -0.1) is 11.3 Å². The Morgan fingerprint density at radius 3 is 1.96 bits per heavy atom. The number of aromatic nitrogens is 3. The van der Waals surface area contributed by atoms with Crippen LogP contribution in [0.15, 0.2) is 176 Å². The first-order valence-corrected chi connectivity index (χ1v) is 19.1. The van der Waals surface area contributed by atoms with E-state index in [4.69, 9.17) is 9.97 Å². The van der Waals surface area contributed by atoms with Crippen molar-refractivity contribution < 1.29 is 0 Å². The molecule has 0 atom stereocenters. The molecule has 250 valence electrons. The Kier molecular flexibility index (Phi) is 6.21. The fraction of sp³-hybridized carbons (Fsp3) is 0. The monoisotopic (exact) mass is 703 g/mol. The SMILES string of the molecule is c1ccc2cc(-c3nc4c(nc3-c3cccc5cc(-n6c7cc8ccccc8cc7c7ccc8ccccc8c76)ccc35)sc3ccccc34)ccc2c1. The van der Waals surface area contributed by atoms with Gasteiger partial charge >= 0.3 is 0 Å². The van der Waals surface area contributed by atoms with Crippen LogP contribution in [0, 0.1) is 0 Å². The quantitative estimate of drug-likeness (QED) is 0.183. The lowest BCUT2D eigenvalue weighted by molar-refractivity contribution is 1.19. The van der Waals surface area contributed by atoms with Gasteiger partial charge in [0.25, 0.3) is 0 Å². The first-order valence-electron chi connectivity index (χ1n) is 18.3. The van der Waals surface area contributed by atoms with Crippen molar-refractivity contribution in [3.63, 3.8) is 0 Å². The van der Waals surface area contributed by atoms with E-state index >= 15 is 0 Å². The minimum Gasteiger partial charge on any atom is -0.309 e. The largest absolute Gasteiger partial charge is 0.309 e. The molecule has 4 heteroatoms. The van der Waals surface area contributed by atoms with E-state index in [1.165, 1.54) is 58.8 Å². The Morgan fingerprint density at radius 2 is 1.09 bits per heavy atom. The van der Waals surface area contributed by atoms with Crippen LogP contribution < -0.4 is 0 Å². The summed E-state index contributed by atoms with van der Waals surface area (Å²) in [6, 6.07) is 63.8. The highest BCUT2D eigenvalue weighted by Gasteiger charge is 2.20. The Bertz CT molecular complexity index is 3520. The summed E-state index contributed by atoms with van der Waals surface area (Å²) in [5, 5.41) is 13.3. The Morgan fingerprint density at radius 1 is 0.407 bits per heavy atom. The molecular weight excluding hydrogens is 675 g/mol. The highest BCUT2D eigenvalue weighted by molar-refractivity contribution is 7.25. The third-order valence-electron chi connectivity index (χ3n) is 11.1. The first-order chi connectivity index (χ1) is 26.7. The van der Waals surface area contributed by atoms with Crippen molar-refractivity contribution in [3.8, 4) is 28.2 Å². The maximum atomic E-state index is 5.46. The van der Waals surface area contributed by atoms with Crippen molar-refractivity contribution in [2.24, 2.45) is 0 Å². The van der Waals surface area contributed by atoms with Gasteiger partial charge in [-0.25, -0.2) is 9.97 Å². The maximum Gasteiger partial charge on any atom is 0.143 e. The molecule has 3 nitrogen and oxygen atoms in total. The molecule has 3 heterocycles. The number of fused-ring (bicyclic) bond motifs is 11. The summed E-state index contributed by atoms with van der Waals surface area (Å²) in [5.74, 6) is 0. The predicted octanol–water partition coefficient (Wildman–Crippen LogP) is 13.9. The van der Waals surface area contributed by atoms with Crippen LogP contribution in [-0.4, -0.2) is 14.5 Å². The first kappa shape index (κ1) is 29.7. The van der Waals surface area contributed by atoms with Crippen LogP contribution in [0.4, 0.5) is 0 Å². The van der Waals surface area contributed by atoms with Crippen molar-refractivity contribution in [2.45, 2.75) is 0 Å². The number of hydrogen-bond donors (Lipinski definition) is 0. The topological polar surface area (TPSA) is 30.7 Å². The average molecular weight is 704 g/mol. The maximum absolute atomic E-state index is 5.46. The second-order valence-electron chi connectivity index (χ2n) is 14.2. The summed E-state index contributed by atoms with van der Waals surface area (Å²) >= 11 is 1.71. The van der Waals surface area contributed by atoms with Crippen molar-refractivity contribution >= 4 is 96.7 Å². The van der Waals surface area contributed by atoms with Crippen molar-refractivity contribution in [2.75, 3.05) is 0 Å². The number of thiophene rings is 1. The molecule has 0 aliphatic rings. The van der Waals surface area contributed by atoms with Crippen LogP contribution in [-0.2, 0) is 0 Å². The second-order valence-corrected chi connectivity index (χ2v) is 15.2. The lowest BCUT2D eigenvalue weighted by Crippen LogP contribution is -1.97. The fourth-order valence-electron chi connectivity index (χ4n) is 8.60. The minimum atomic E-state index is 0.897. The van der Waals surface area contributed by atoms with E-state index in [0.717, 1.165) is 54.7 Å². The zero-order chi connectivity index (χ0) is 35.3. The number of hydrogen-bond acceptors (Lipinski definition) is 3. The van der Waals surface area contributed by atoms with Crippen LogP contribution in [0.25, 0.3) is 114 Å². The van der Waals surface area contributed by atoms with Gasteiger partial charge in [0.1, 0.15) is 10.3 Å². The summed E-state index contributed by atoms with van der Waals surface area (Å²) in [7, 11) is 0. The molecule has 0 saturated heterocycles. The van der Waals surface area contributed by atoms with Gasteiger partial charge in [0.2, 0.25) is 0 Å². The Balaban J connectivity index is 1.12. The van der Waals surface area contributed by atoms with Gasteiger partial charge in [0.05, 0.1) is 22.4 Å². The van der Waals surface area contributed by atoms with Crippen LogP contribution in [0.1, 0.15) is 0 Å². The van der Waals surface area contributed by atoms with E-state index < -0.39 is 0 Å². The van der Waals surface area contributed by atoms with Gasteiger partial charge in [-0.3, -0.25) is 0 Å². The minimum absolute atomic E-state index is 0.897. The van der Waals surface area contributed by atoms with Crippen molar-refractivity contribution in [3.05, 3.63) is 176 Å². The summed E-state index contributed by atoms with van der Waals surface area (Å²) in [5.41, 5.74) is 8.46. The fourth-order valence-corrected chi connectivity index (χ4v) is 9.61. The van der Waals surface area contributed by atoms with Crippen LogP contribution in [0.2, 0.25) is 0 Å². The lowest BCUT2D eigenvalue weighted by atomic mass is 9.96. The van der Waals surface area contributed by atoms with E-state index in [-0.39, 0.29) is 0 Å². The molecule has 0 amide bonds. The molecule has 12 rings (SSSR count). The standard InChI is InChI=1S/C50H29N3S/c1-2-12-32-26-36(21-20-30(32)10-1)46-47(52-50-48(51-46)42-17-7-8-19-45(42)54-50)40-18-9-15-35-27-37(23-25-38(35)40)53-44-29-34-14-4-3-13-33(34)28-43(44)41-24-22-31-11-5-6-16-39(31)49(41)53/h1-29H. The highest BCUT2D eigenvalue weighted by atomic mass is 32.1. The van der Waals surface area contributed by atoms with Crippen LogP contribution >= 0.6 is 11.3 Å². The summed E-state index contributed by atoms with van der Waals surface area (Å²) in [4.78, 5) is 11.9. The van der Waals surface area contributed by atoms with Gasteiger partial charge in [-0.2, -0.15) is 0 Å². The molecule has 9 aromatic carbocycles. The van der Waals surface area contributed by atoms with Gasteiger partial charge in [0.15, 0.2) is 0 Å². The smallest absolute Gasteiger partial charge is 0.143 e.